The number of amides is 2. The van der Waals surface area contributed by atoms with E-state index in [9.17, 15) is 28.0 Å². The van der Waals surface area contributed by atoms with E-state index in [4.69, 9.17) is 9.72 Å². The second-order valence-corrected chi connectivity index (χ2v) is 11.5. The first kappa shape index (κ1) is 26.7. The fraction of sp³-hybridized carbons (Fsp3) is 0.433. The van der Waals surface area contributed by atoms with E-state index in [1.807, 2.05) is 6.92 Å². The summed E-state index contributed by atoms with van der Waals surface area (Å²) in [5.74, 6) is -5.82. The highest BCUT2D eigenvalue weighted by atomic mass is 19.3. The Morgan fingerprint density at radius 2 is 2.02 bits per heavy atom. The molecule has 1 saturated heterocycles. The van der Waals surface area contributed by atoms with Crippen LogP contribution in [0.3, 0.4) is 0 Å². The molecule has 3 aromatic rings. The number of hydrogen-bond acceptors (Lipinski definition) is 6. The zero-order valence-electron chi connectivity index (χ0n) is 22.9. The normalized spacial score (nSPS) is 23.3. The van der Waals surface area contributed by atoms with Gasteiger partial charge in [-0.1, -0.05) is 6.92 Å². The number of halogens is 3. The van der Waals surface area contributed by atoms with E-state index in [1.54, 1.807) is 13.0 Å². The molecule has 42 heavy (non-hydrogen) atoms. The number of nitrogens with one attached hydrogen (secondary N) is 1. The van der Waals surface area contributed by atoms with Crippen molar-refractivity contribution in [2.45, 2.75) is 76.6 Å². The van der Waals surface area contributed by atoms with Gasteiger partial charge >= 0.3 is 5.97 Å². The van der Waals surface area contributed by atoms with Crippen LogP contribution in [-0.2, 0) is 38.7 Å². The van der Waals surface area contributed by atoms with Gasteiger partial charge in [0.05, 0.1) is 41.0 Å². The highest BCUT2D eigenvalue weighted by Crippen LogP contribution is 2.46. The molecule has 2 aromatic heterocycles. The number of fused-ring (bicyclic) bond motifs is 5. The molecular formula is C30H27F3N4O5. The topological polar surface area (TPSA) is 111 Å². The minimum atomic E-state index is -3.38. The molecule has 0 radical (unpaired) electrons. The van der Waals surface area contributed by atoms with Crippen molar-refractivity contribution in [1.29, 1.82) is 0 Å². The van der Waals surface area contributed by atoms with Crippen molar-refractivity contribution in [2.24, 2.45) is 0 Å². The number of alkyl halides is 2. The maximum absolute atomic E-state index is 15.1. The summed E-state index contributed by atoms with van der Waals surface area (Å²) in [5, 5.41) is 3.40. The largest absolute Gasteiger partial charge is 0.460 e. The number of pyridine rings is 2. The van der Waals surface area contributed by atoms with Crippen LogP contribution in [0, 0.1) is 12.7 Å². The van der Waals surface area contributed by atoms with Crippen LogP contribution in [0.15, 0.2) is 16.9 Å². The Labute approximate surface area is 237 Å². The molecule has 0 saturated carbocycles. The summed E-state index contributed by atoms with van der Waals surface area (Å²) in [6, 6.07) is 0.400. The van der Waals surface area contributed by atoms with E-state index in [0.717, 1.165) is 4.90 Å². The zero-order valence-corrected chi connectivity index (χ0v) is 22.9. The third-order valence-corrected chi connectivity index (χ3v) is 9.33. The minimum absolute atomic E-state index is 0.0993. The van der Waals surface area contributed by atoms with Crippen molar-refractivity contribution in [2.75, 3.05) is 6.54 Å². The third-order valence-electron chi connectivity index (χ3n) is 9.33. The van der Waals surface area contributed by atoms with Gasteiger partial charge in [-0.3, -0.25) is 19.2 Å². The number of likely N-dealkylation sites (tertiary alicyclic amines) is 1. The number of nitrogens with zero attached hydrogens (tertiary/aromatic N) is 3. The number of cyclic esters (lactones) is 1. The summed E-state index contributed by atoms with van der Waals surface area (Å²) < 4.78 is 51.3. The molecule has 2 amide bonds. The summed E-state index contributed by atoms with van der Waals surface area (Å²) in [5.41, 5.74) is 4.24. The molecule has 3 aliphatic heterocycles. The van der Waals surface area contributed by atoms with Gasteiger partial charge in [0.1, 0.15) is 12.4 Å². The molecule has 1 N–H and O–H groups in total. The molecule has 9 nitrogen and oxygen atoms in total. The Morgan fingerprint density at radius 1 is 1.24 bits per heavy atom. The van der Waals surface area contributed by atoms with Crippen LogP contribution in [-0.4, -0.2) is 51.2 Å². The monoisotopic (exact) mass is 580 g/mol. The molecule has 12 heteroatoms. The van der Waals surface area contributed by atoms with Crippen molar-refractivity contribution < 1.29 is 32.3 Å². The SMILES string of the molecule is CCC1C(=O)OCc2c1cc1n(c2=O)Cc2c-1nc1cc(F)c(C)c3c1c2C(NC(=O)C1N(C=O)CCC1(F)F)CC3. The number of hydrogen-bond donors (Lipinski definition) is 1. The Bertz CT molecular complexity index is 1800. The van der Waals surface area contributed by atoms with Crippen molar-refractivity contribution in [3.05, 3.63) is 61.7 Å². The van der Waals surface area contributed by atoms with Crippen molar-refractivity contribution in [3.63, 3.8) is 0 Å². The molecule has 3 atom stereocenters. The molecule has 4 aliphatic rings. The van der Waals surface area contributed by atoms with Crippen molar-refractivity contribution in [1.82, 2.24) is 19.8 Å². The Kier molecular flexibility index (Phi) is 5.80. The highest BCUT2D eigenvalue weighted by Gasteiger charge is 2.53. The second-order valence-electron chi connectivity index (χ2n) is 11.5. The fourth-order valence-corrected chi connectivity index (χ4v) is 7.21. The predicted octanol–water partition coefficient (Wildman–Crippen LogP) is 3.39. The molecular weight excluding hydrogens is 553 g/mol. The first-order chi connectivity index (χ1) is 20.1. The number of carbonyl (C=O) groups excluding carboxylic acids is 3. The summed E-state index contributed by atoms with van der Waals surface area (Å²) in [6.07, 6.45) is 0.756. The number of benzene rings is 1. The maximum atomic E-state index is 15.1. The standard InChI is InChI=1S/C30H27F3N4O5/c1-3-14-16-8-22-25-17(10-37(22)28(40)18(16)11-42-29(14)41)24-20(35-27(39)26-30(32,33)6-7-36(26)12-38)5-4-15-13(2)19(31)9-21(34-25)23(15)24/h8-9,12,14,20,26H,3-7,10-11H2,1-2H3,(H,35,39). The Balaban J connectivity index is 1.41. The quantitative estimate of drug-likeness (QED) is 0.293. The molecule has 5 heterocycles. The van der Waals surface area contributed by atoms with Gasteiger partial charge in [-0.05, 0) is 54.5 Å². The molecule has 1 fully saturated rings. The van der Waals surface area contributed by atoms with Crippen molar-refractivity contribution >= 4 is 29.2 Å². The number of rotatable bonds is 4. The Morgan fingerprint density at radius 3 is 2.76 bits per heavy atom. The molecule has 1 aromatic carbocycles. The first-order valence-corrected chi connectivity index (χ1v) is 14.0. The predicted molar refractivity (Wildman–Crippen MR) is 143 cm³/mol. The second kappa shape index (κ2) is 9.14. The van der Waals surface area contributed by atoms with Gasteiger partial charge in [0, 0.05) is 30.0 Å². The maximum Gasteiger partial charge on any atom is 0.313 e. The van der Waals surface area contributed by atoms with Gasteiger partial charge in [0.15, 0.2) is 6.04 Å². The van der Waals surface area contributed by atoms with Gasteiger partial charge < -0.3 is 19.5 Å². The molecule has 0 spiro atoms. The van der Waals surface area contributed by atoms with Crippen LogP contribution in [0.4, 0.5) is 13.2 Å². The molecule has 218 valence electrons. The number of ether oxygens (including phenoxy) is 1. The van der Waals surface area contributed by atoms with E-state index in [-0.39, 0.29) is 31.7 Å². The van der Waals surface area contributed by atoms with E-state index in [1.165, 1.54) is 10.6 Å². The van der Waals surface area contributed by atoms with Gasteiger partial charge in [0.25, 0.3) is 11.5 Å². The lowest BCUT2D eigenvalue weighted by Gasteiger charge is -2.32. The van der Waals surface area contributed by atoms with Crippen LogP contribution in [0.5, 0.6) is 0 Å². The minimum Gasteiger partial charge on any atom is -0.460 e. The lowest BCUT2D eigenvalue weighted by atomic mass is 9.81. The smallest absolute Gasteiger partial charge is 0.313 e. The average Bonchev–Trinajstić information content (AvgIpc) is 3.48. The van der Waals surface area contributed by atoms with Crippen LogP contribution in [0.2, 0.25) is 0 Å². The number of carbonyl (C=O) groups is 3. The van der Waals surface area contributed by atoms with Crippen LogP contribution >= 0.6 is 0 Å². The van der Waals surface area contributed by atoms with E-state index >= 15 is 4.39 Å². The van der Waals surface area contributed by atoms with Crippen LogP contribution in [0.25, 0.3) is 22.3 Å². The summed E-state index contributed by atoms with van der Waals surface area (Å²) in [6.45, 7) is 3.22. The highest BCUT2D eigenvalue weighted by molar-refractivity contribution is 5.94. The molecule has 0 bridgehead atoms. The Hall–Kier alpha value is -4.22. The lowest BCUT2D eigenvalue weighted by Crippen LogP contribution is -2.51. The summed E-state index contributed by atoms with van der Waals surface area (Å²) in [4.78, 5) is 56.6. The van der Waals surface area contributed by atoms with Gasteiger partial charge in [-0.2, -0.15) is 0 Å². The summed E-state index contributed by atoms with van der Waals surface area (Å²) in [7, 11) is 0. The molecule has 7 rings (SSSR count). The first-order valence-electron chi connectivity index (χ1n) is 14.0. The number of esters is 1. The lowest BCUT2D eigenvalue weighted by molar-refractivity contribution is -0.148. The van der Waals surface area contributed by atoms with Crippen LogP contribution in [0.1, 0.15) is 71.5 Å². The molecule has 1 aliphatic carbocycles. The number of aryl methyl sites for hydroxylation is 1. The van der Waals surface area contributed by atoms with Gasteiger partial charge in [-0.15, -0.1) is 0 Å². The van der Waals surface area contributed by atoms with E-state index in [0.29, 0.717) is 74.9 Å². The molecule has 3 unspecified atom stereocenters. The van der Waals surface area contributed by atoms with Crippen molar-refractivity contribution in [3.8, 4) is 11.4 Å². The summed E-state index contributed by atoms with van der Waals surface area (Å²) >= 11 is 0. The fourth-order valence-electron chi connectivity index (χ4n) is 7.21. The zero-order chi connectivity index (χ0) is 29.7. The van der Waals surface area contributed by atoms with E-state index in [2.05, 4.69) is 5.32 Å². The number of aromatic nitrogens is 2. The van der Waals surface area contributed by atoms with E-state index < -0.39 is 48.0 Å². The van der Waals surface area contributed by atoms with Crippen LogP contribution < -0.4 is 10.9 Å². The third kappa shape index (κ3) is 3.59. The van der Waals surface area contributed by atoms with Gasteiger partial charge in [0.2, 0.25) is 12.3 Å². The van der Waals surface area contributed by atoms with Gasteiger partial charge in [-0.25, -0.2) is 18.2 Å². The average molecular weight is 581 g/mol.